The normalized spacial score (nSPS) is 9.88. The fourth-order valence-corrected chi connectivity index (χ4v) is 0.874. The van der Waals surface area contributed by atoms with Gasteiger partial charge in [0.2, 0.25) is 0 Å². The van der Waals surface area contributed by atoms with Crippen molar-refractivity contribution >= 4 is 16.9 Å². The van der Waals surface area contributed by atoms with E-state index in [9.17, 15) is 4.79 Å². The van der Waals surface area contributed by atoms with Crippen LogP contribution < -0.4 is 0 Å². The number of carboxylic acid groups (broad SMARTS) is 1. The van der Waals surface area contributed by atoms with Gasteiger partial charge in [-0.2, -0.15) is 0 Å². The van der Waals surface area contributed by atoms with Crippen molar-refractivity contribution < 1.29 is 9.90 Å². The summed E-state index contributed by atoms with van der Waals surface area (Å²) >= 11 is 0. The predicted octanol–water partition coefficient (Wildman–Crippen LogP) is 0.339. The molecule has 0 aliphatic carbocycles. The van der Waals surface area contributed by atoms with Crippen molar-refractivity contribution in [2.75, 3.05) is 18.3 Å². The molecular weight excluding hydrogens is 128 g/mol. The summed E-state index contributed by atoms with van der Waals surface area (Å²) in [5.41, 5.74) is 0. The lowest BCUT2D eigenvalue weighted by atomic mass is 11.1. The first kappa shape index (κ1) is 7.82. The maximum absolute atomic E-state index is 9.91. The number of aliphatic carboxylic acids is 1. The Labute approximate surface area is 52.2 Å². The Morgan fingerprint density at radius 1 is 1.62 bits per heavy atom. The molecule has 0 atom stereocenters. The van der Waals surface area contributed by atoms with Gasteiger partial charge in [-0.15, -0.1) is 0 Å². The lowest BCUT2D eigenvalue weighted by molar-refractivity contribution is -0.136. The largest absolute Gasteiger partial charge is 0.481 e. The second kappa shape index (κ2) is 3.78. The molecule has 0 bridgehead atoms. The molecule has 0 aliphatic rings. The van der Waals surface area contributed by atoms with Crippen LogP contribution in [-0.4, -0.2) is 29.3 Å². The maximum Gasteiger partial charge on any atom is 0.308 e. The Kier molecular flexibility index (Phi) is 3.69. The minimum absolute atomic E-state index is 0.283. The van der Waals surface area contributed by atoms with Crippen molar-refractivity contribution in [3.63, 3.8) is 0 Å². The van der Waals surface area contributed by atoms with E-state index in [2.05, 4.69) is 0 Å². The van der Waals surface area contributed by atoms with Crippen molar-refractivity contribution in [2.24, 2.45) is 0 Å². The SMILES string of the molecule is [13CH3][S+]([13CH3])C[13CH2][13C](=O)O. The van der Waals surface area contributed by atoms with E-state index in [1.165, 1.54) is 0 Å². The van der Waals surface area contributed by atoms with E-state index >= 15 is 0 Å². The highest BCUT2D eigenvalue weighted by Crippen LogP contribution is 1.87. The summed E-state index contributed by atoms with van der Waals surface area (Å²) in [6.45, 7) is 0. The van der Waals surface area contributed by atoms with Crippen LogP contribution in [0.1, 0.15) is 6.42 Å². The topological polar surface area (TPSA) is 37.3 Å². The van der Waals surface area contributed by atoms with Crippen LogP contribution in [0.3, 0.4) is 0 Å². The van der Waals surface area contributed by atoms with E-state index < -0.39 is 5.97 Å². The van der Waals surface area contributed by atoms with Gasteiger partial charge in [-0.3, -0.25) is 4.79 Å². The fourth-order valence-electron chi connectivity index (χ4n) is 0.291. The fraction of sp³-hybridized carbons (Fsp3) is 0.800. The van der Waals surface area contributed by atoms with Gasteiger partial charge in [0.1, 0.15) is 5.75 Å². The van der Waals surface area contributed by atoms with Crippen LogP contribution in [0.15, 0.2) is 0 Å². The van der Waals surface area contributed by atoms with Crippen LogP contribution in [0.2, 0.25) is 0 Å². The van der Waals surface area contributed by atoms with Gasteiger partial charge in [-0.25, -0.2) is 0 Å². The van der Waals surface area contributed by atoms with Gasteiger partial charge >= 0.3 is 5.97 Å². The molecule has 0 aliphatic heterocycles. The predicted molar refractivity (Wildman–Crippen MR) is 36.3 cm³/mol. The monoisotopic (exact) mass is 139 g/mol. The molecule has 0 aromatic rings. The minimum atomic E-state index is -0.689. The van der Waals surface area contributed by atoms with Crippen molar-refractivity contribution in [2.45, 2.75) is 6.42 Å². The molecule has 0 saturated heterocycles. The van der Waals surface area contributed by atoms with Gasteiger partial charge in [-0.05, 0) is 10.9 Å². The summed E-state index contributed by atoms with van der Waals surface area (Å²) in [6, 6.07) is 0. The number of rotatable bonds is 3. The van der Waals surface area contributed by atoms with E-state index in [1.807, 2.05) is 12.5 Å². The second-order valence-corrected chi connectivity index (χ2v) is 4.21. The molecule has 8 heavy (non-hydrogen) atoms. The summed E-state index contributed by atoms with van der Waals surface area (Å²) in [4.78, 5) is 9.91. The molecule has 0 fully saturated rings. The van der Waals surface area contributed by atoms with Gasteiger partial charge in [0.15, 0.2) is 0 Å². The minimum Gasteiger partial charge on any atom is -0.481 e. The smallest absolute Gasteiger partial charge is 0.308 e. The van der Waals surface area contributed by atoms with Crippen LogP contribution in [0, 0.1) is 0 Å². The number of hydrogen-bond donors (Lipinski definition) is 1. The average molecular weight is 139 g/mol. The second-order valence-electron chi connectivity index (χ2n) is 1.83. The average Bonchev–Trinajstić information content (AvgIpc) is 1.61. The number of hydrogen-bond acceptors (Lipinski definition) is 1. The van der Waals surface area contributed by atoms with Crippen molar-refractivity contribution in [3.05, 3.63) is 0 Å². The van der Waals surface area contributed by atoms with E-state index in [0.717, 1.165) is 5.75 Å². The van der Waals surface area contributed by atoms with Crippen molar-refractivity contribution in [3.8, 4) is 0 Å². The molecule has 0 unspecified atom stereocenters. The van der Waals surface area contributed by atoms with Gasteiger partial charge in [0.05, 0.1) is 18.9 Å². The van der Waals surface area contributed by atoms with Crippen LogP contribution in [0.5, 0.6) is 0 Å². The maximum atomic E-state index is 9.91. The van der Waals surface area contributed by atoms with Crippen LogP contribution in [0.4, 0.5) is 0 Å². The standard InChI is InChI=1S/C5H10O2S/c1-8(2)4-3-5(6)7/h3-4H2,1-2H3/p+1/i1+1,2+1,3+1,5+1. The number of carbonyl (C=O) groups is 1. The Bertz CT molecular complexity index is 80.5. The molecule has 0 aromatic heterocycles. The first-order chi connectivity index (χ1) is 3.63. The molecule has 1 N–H and O–H groups in total. The summed E-state index contributed by atoms with van der Waals surface area (Å²) in [5.74, 6) is 0.126. The highest BCUT2D eigenvalue weighted by atomic mass is 32.2. The molecule has 0 saturated carbocycles. The number of carboxylic acids is 1. The quantitative estimate of drug-likeness (QED) is 0.452. The summed E-state index contributed by atoms with van der Waals surface area (Å²) < 4.78 is 0. The van der Waals surface area contributed by atoms with Crippen LogP contribution in [-0.2, 0) is 15.7 Å². The van der Waals surface area contributed by atoms with E-state index in [4.69, 9.17) is 5.11 Å². The molecule has 2 nitrogen and oxygen atoms in total. The Balaban J connectivity index is 3.05. The highest BCUT2D eigenvalue weighted by molar-refractivity contribution is 7.95. The van der Waals surface area contributed by atoms with Gasteiger partial charge < -0.3 is 5.11 Å². The van der Waals surface area contributed by atoms with Gasteiger partial charge in [-0.1, -0.05) is 0 Å². The first-order valence-corrected chi connectivity index (χ1v) is 4.60. The molecular formula is C5H11O2S+. The highest BCUT2D eigenvalue weighted by Gasteiger charge is 2.04. The molecule has 0 rings (SSSR count). The summed E-state index contributed by atoms with van der Waals surface area (Å²) in [6.07, 6.45) is 4.40. The molecule has 48 valence electrons. The first-order valence-electron chi connectivity index (χ1n) is 2.39. The van der Waals surface area contributed by atoms with Crippen molar-refractivity contribution in [1.29, 1.82) is 0 Å². The summed E-state index contributed by atoms with van der Waals surface area (Å²) in [7, 11) is 0.283. The lowest BCUT2D eigenvalue weighted by Crippen LogP contribution is -2.07. The Morgan fingerprint density at radius 3 is 2.25 bits per heavy atom. The zero-order valence-electron chi connectivity index (χ0n) is 5.18. The van der Waals surface area contributed by atoms with E-state index in [-0.39, 0.29) is 10.9 Å². The zero-order valence-corrected chi connectivity index (χ0v) is 5.99. The third-order valence-electron chi connectivity index (χ3n) is 0.724. The van der Waals surface area contributed by atoms with Crippen LogP contribution >= 0.6 is 0 Å². The lowest BCUT2D eigenvalue weighted by Gasteiger charge is -1.90. The molecule has 0 aromatic carbocycles. The Morgan fingerprint density at radius 2 is 2.12 bits per heavy atom. The third-order valence-corrected chi connectivity index (χ3v) is 1.74. The molecule has 0 spiro atoms. The molecule has 3 heteroatoms. The van der Waals surface area contributed by atoms with Gasteiger partial charge in [0.25, 0.3) is 0 Å². The van der Waals surface area contributed by atoms with Crippen LogP contribution in [0.25, 0.3) is 0 Å². The van der Waals surface area contributed by atoms with E-state index in [0.29, 0.717) is 6.42 Å². The van der Waals surface area contributed by atoms with Gasteiger partial charge in [0, 0.05) is 0 Å². The third kappa shape index (κ3) is 5.82. The zero-order chi connectivity index (χ0) is 6.57. The Hall–Kier alpha value is -0.180. The van der Waals surface area contributed by atoms with E-state index in [1.54, 1.807) is 0 Å². The molecule has 0 heterocycles. The summed E-state index contributed by atoms with van der Waals surface area (Å²) in [5, 5.41) is 8.17. The molecule has 0 amide bonds. The molecule has 0 radical (unpaired) electrons. The van der Waals surface area contributed by atoms with Crippen molar-refractivity contribution in [1.82, 2.24) is 0 Å².